The third-order valence-electron chi connectivity index (χ3n) is 3.55. The summed E-state index contributed by atoms with van der Waals surface area (Å²) in [4.78, 5) is 16.6. The van der Waals surface area contributed by atoms with Gasteiger partial charge in [0.25, 0.3) is 0 Å². The number of ether oxygens (including phenoxy) is 3. The predicted octanol–water partition coefficient (Wildman–Crippen LogP) is 3.47. The second-order valence-electron chi connectivity index (χ2n) is 5.14. The molecule has 0 amide bonds. The Morgan fingerprint density at radius 3 is 2.87 bits per heavy atom. The molecule has 0 unspecified atom stereocenters. The van der Waals surface area contributed by atoms with Crippen LogP contribution in [0.1, 0.15) is 29.3 Å². The first-order valence-corrected chi connectivity index (χ1v) is 7.17. The van der Waals surface area contributed by atoms with Crippen molar-refractivity contribution in [1.29, 1.82) is 0 Å². The van der Waals surface area contributed by atoms with Crippen LogP contribution in [0, 0.1) is 0 Å². The van der Waals surface area contributed by atoms with Crippen LogP contribution < -0.4 is 9.47 Å². The number of aromatic nitrogens is 1. The van der Waals surface area contributed by atoms with E-state index in [1.165, 1.54) is 0 Å². The van der Waals surface area contributed by atoms with Crippen molar-refractivity contribution in [2.45, 2.75) is 13.0 Å². The van der Waals surface area contributed by atoms with Crippen LogP contribution in [0.25, 0.3) is 11.1 Å². The average Bonchev–Trinajstić information content (AvgIpc) is 3.20. The average molecular weight is 311 g/mol. The molecule has 2 heterocycles. The fourth-order valence-electron chi connectivity index (χ4n) is 2.37. The SMILES string of the molecule is C[C@@H](OC(=O)c1ccc2c(c1)OCO2)c1nc2ccccc2o1. The number of fused-ring (bicyclic) bond motifs is 2. The summed E-state index contributed by atoms with van der Waals surface area (Å²) in [5, 5.41) is 0. The minimum absolute atomic E-state index is 0.160. The Morgan fingerprint density at radius 1 is 1.17 bits per heavy atom. The van der Waals surface area contributed by atoms with Gasteiger partial charge in [-0.1, -0.05) is 12.1 Å². The monoisotopic (exact) mass is 311 g/mol. The molecular weight excluding hydrogens is 298 g/mol. The molecule has 0 bridgehead atoms. The minimum Gasteiger partial charge on any atom is -0.454 e. The number of esters is 1. The third kappa shape index (κ3) is 2.48. The van der Waals surface area contributed by atoms with Crippen LogP contribution >= 0.6 is 0 Å². The Labute approximate surface area is 131 Å². The number of oxazole rings is 1. The van der Waals surface area contributed by atoms with E-state index in [0.717, 1.165) is 5.52 Å². The molecule has 1 aliphatic rings. The van der Waals surface area contributed by atoms with E-state index < -0.39 is 12.1 Å². The van der Waals surface area contributed by atoms with Crippen LogP contribution in [0.2, 0.25) is 0 Å². The molecule has 23 heavy (non-hydrogen) atoms. The highest BCUT2D eigenvalue weighted by atomic mass is 16.7. The zero-order valence-electron chi connectivity index (χ0n) is 12.3. The molecule has 0 N–H and O–H groups in total. The fourth-order valence-corrected chi connectivity index (χ4v) is 2.37. The summed E-state index contributed by atoms with van der Waals surface area (Å²) in [5.74, 6) is 1.04. The molecule has 3 aromatic rings. The summed E-state index contributed by atoms with van der Waals surface area (Å²) in [7, 11) is 0. The maximum absolute atomic E-state index is 12.3. The van der Waals surface area contributed by atoms with Crippen molar-refractivity contribution in [3.63, 3.8) is 0 Å². The number of para-hydroxylation sites is 2. The molecule has 0 aliphatic carbocycles. The van der Waals surface area contributed by atoms with E-state index in [0.29, 0.717) is 28.5 Å². The molecule has 6 nitrogen and oxygen atoms in total. The topological polar surface area (TPSA) is 70.8 Å². The lowest BCUT2D eigenvalue weighted by Gasteiger charge is -2.10. The number of carbonyl (C=O) groups excluding carboxylic acids is 1. The molecule has 2 aromatic carbocycles. The van der Waals surface area contributed by atoms with E-state index in [9.17, 15) is 4.79 Å². The second-order valence-corrected chi connectivity index (χ2v) is 5.14. The summed E-state index contributed by atoms with van der Waals surface area (Å²) >= 11 is 0. The quantitative estimate of drug-likeness (QED) is 0.690. The Kier molecular flexibility index (Phi) is 3.15. The van der Waals surface area contributed by atoms with Crippen LogP contribution in [0.3, 0.4) is 0 Å². The van der Waals surface area contributed by atoms with Crippen molar-refractivity contribution < 1.29 is 23.4 Å². The van der Waals surface area contributed by atoms with E-state index >= 15 is 0 Å². The summed E-state index contributed by atoms with van der Waals surface area (Å²) in [6, 6.07) is 12.3. The molecular formula is C17H13NO5. The standard InChI is InChI=1S/C17H13NO5/c1-10(16-18-12-4-2-3-5-13(12)23-16)22-17(19)11-6-7-14-15(8-11)21-9-20-14/h2-8,10H,9H2,1H3/t10-/m1/s1. The number of carbonyl (C=O) groups is 1. The van der Waals surface area contributed by atoms with Crippen LogP contribution in [-0.2, 0) is 4.74 Å². The van der Waals surface area contributed by atoms with Gasteiger partial charge in [0, 0.05) is 0 Å². The summed E-state index contributed by atoms with van der Waals surface area (Å²) in [6.07, 6.45) is -0.597. The molecule has 6 heteroatoms. The molecule has 0 saturated carbocycles. The lowest BCUT2D eigenvalue weighted by molar-refractivity contribution is 0.0282. The van der Waals surface area contributed by atoms with Gasteiger partial charge in [-0.15, -0.1) is 0 Å². The van der Waals surface area contributed by atoms with Crippen molar-refractivity contribution in [3.05, 3.63) is 53.9 Å². The van der Waals surface area contributed by atoms with Gasteiger partial charge in [0.15, 0.2) is 23.2 Å². The highest BCUT2D eigenvalue weighted by Gasteiger charge is 2.21. The lowest BCUT2D eigenvalue weighted by Crippen LogP contribution is -2.09. The van der Waals surface area contributed by atoms with Gasteiger partial charge >= 0.3 is 5.97 Å². The van der Waals surface area contributed by atoms with Crippen LogP contribution in [0.15, 0.2) is 46.9 Å². The number of benzene rings is 2. The first kappa shape index (κ1) is 13.6. The zero-order chi connectivity index (χ0) is 15.8. The molecule has 0 fully saturated rings. The van der Waals surface area contributed by atoms with Crippen LogP contribution in [0.5, 0.6) is 11.5 Å². The van der Waals surface area contributed by atoms with E-state index in [-0.39, 0.29) is 6.79 Å². The fraction of sp³-hybridized carbons (Fsp3) is 0.176. The van der Waals surface area contributed by atoms with Crippen LogP contribution in [0.4, 0.5) is 0 Å². The van der Waals surface area contributed by atoms with Gasteiger partial charge in [0.1, 0.15) is 5.52 Å². The van der Waals surface area contributed by atoms with Gasteiger partial charge in [0.2, 0.25) is 12.7 Å². The Hall–Kier alpha value is -3.02. The van der Waals surface area contributed by atoms with Gasteiger partial charge < -0.3 is 18.6 Å². The summed E-state index contributed by atoms with van der Waals surface area (Å²) in [5.41, 5.74) is 1.78. The zero-order valence-corrected chi connectivity index (χ0v) is 12.3. The Balaban J connectivity index is 1.53. The molecule has 116 valence electrons. The number of rotatable bonds is 3. The smallest absolute Gasteiger partial charge is 0.339 e. The molecule has 1 aliphatic heterocycles. The highest BCUT2D eigenvalue weighted by molar-refractivity contribution is 5.90. The maximum atomic E-state index is 12.3. The first-order valence-electron chi connectivity index (χ1n) is 7.17. The molecule has 1 atom stereocenters. The Bertz CT molecular complexity index is 853. The van der Waals surface area contributed by atoms with Crippen LogP contribution in [-0.4, -0.2) is 17.7 Å². The van der Waals surface area contributed by atoms with Gasteiger partial charge in [-0.3, -0.25) is 0 Å². The van der Waals surface area contributed by atoms with Gasteiger partial charge in [-0.25, -0.2) is 9.78 Å². The van der Waals surface area contributed by atoms with Crippen molar-refractivity contribution in [1.82, 2.24) is 4.98 Å². The van der Waals surface area contributed by atoms with Crippen molar-refractivity contribution in [2.75, 3.05) is 6.79 Å². The predicted molar refractivity (Wildman–Crippen MR) is 80.4 cm³/mol. The highest BCUT2D eigenvalue weighted by Crippen LogP contribution is 2.33. The van der Waals surface area contributed by atoms with Gasteiger partial charge in [-0.2, -0.15) is 0 Å². The van der Waals surface area contributed by atoms with E-state index in [1.54, 1.807) is 25.1 Å². The summed E-state index contributed by atoms with van der Waals surface area (Å²) in [6.45, 7) is 1.88. The second kappa shape index (κ2) is 5.31. The minimum atomic E-state index is -0.597. The molecule has 0 saturated heterocycles. The number of nitrogens with zero attached hydrogens (tertiary/aromatic N) is 1. The normalized spacial score (nSPS) is 14.0. The van der Waals surface area contributed by atoms with E-state index in [1.807, 2.05) is 24.3 Å². The first-order chi connectivity index (χ1) is 11.2. The van der Waals surface area contributed by atoms with Gasteiger partial charge in [-0.05, 0) is 37.3 Å². The molecule has 0 spiro atoms. The van der Waals surface area contributed by atoms with E-state index in [2.05, 4.69) is 4.98 Å². The number of hydrogen-bond donors (Lipinski definition) is 0. The third-order valence-corrected chi connectivity index (χ3v) is 3.55. The number of hydrogen-bond acceptors (Lipinski definition) is 6. The Morgan fingerprint density at radius 2 is 2.00 bits per heavy atom. The molecule has 0 radical (unpaired) electrons. The van der Waals surface area contributed by atoms with Crippen molar-refractivity contribution >= 4 is 17.1 Å². The van der Waals surface area contributed by atoms with E-state index in [4.69, 9.17) is 18.6 Å². The largest absolute Gasteiger partial charge is 0.454 e. The summed E-state index contributed by atoms with van der Waals surface area (Å²) < 4.78 is 21.5. The molecule has 1 aromatic heterocycles. The van der Waals surface area contributed by atoms with Gasteiger partial charge in [0.05, 0.1) is 5.56 Å². The van der Waals surface area contributed by atoms with Crippen molar-refractivity contribution in [3.8, 4) is 11.5 Å². The lowest BCUT2D eigenvalue weighted by atomic mass is 10.2. The maximum Gasteiger partial charge on any atom is 0.339 e. The van der Waals surface area contributed by atoms with Crippen molar-refractivity contribution in [2.24, 2.45) is 0 Å². The molecule has 4 rings (SSSR count).